The first-order chi connectivity index (χ1) is 14.2. The number of piperidine rings is 5. The minimum Gasteiger partial charge on any atom is -0.366 e. The molecule has 2 aromatic rings. The maximum atomic E-state index is 13.0. The van der Waals surface area contributed by atoms with Crippen LogP contribution in [0.1, 0.15) is 36.2 Å². The van der Waals surface area contributed by atoms with E-state index in [1.54, 1.807) is 0 Å². The van der Waals surface area contributed by atoms with Gasteiger partial charge in [0.15, 0.2) is 0 Å². The predicted molar refractivity (Wildman–Crippen MR) is 117 cm³/mol. The fraction of sp³-hybridized carbons (Fsp3) is 0.636. The van der Waals surface area contributed by atoms with Crippen molar-refractivity contribution in [3.63, 3.8) is 0 Å². The summed E-state index contributed by atoms with van der Waals surface area (Å²) in [6.07, 6.45) is 5.01. The van der Waals surface area contributed by atoms with E-state index in [2.05, 4.69) is 49.6 Å². The van der Waals surface area contributed by atoms with Crippen molar-refractivity contribution in [2.24, 2.45) is 5.92 Å². The van der Waals surface area contributed by atoms with Crippen molar-refractivity contribution >= 4 is 33.2 Å². The Labute approximate surface area is 176 Å². The summed E-state index contributed by atoms with van der Waals surface area (Å²) in [6.45, 7) is 5.63. The standard InChI is InChI=1S/C22H29N5OS/c1-25-11-17-3-2-16(25)12-27(17)15-4-5-18-20(10-15)29-24-21(18)22(28)23-19-13-26-8-6-14(19)7-9-26/h4-5,10,14,16-17,19H,2-3,6-9,11-13H2,1H3,(H,23,28)/t16?,17?,19-/m0/s1. The Morgan fingerprint density at radius 1 is 1.10 bits per heavy atom. The zero-order valence-electron chi connectivity index (χ0n) is 17.0. The van der Waals surface area contributed by atoms with Crippen LogP contribution in [0, 0.1) is 5.92 Å². The zero-order chi connectivity index (χ0) is 19.5. The first-order valence-corrected chi connectivity index (χ1v) is 11.8. The summed E-state index contributed by atoms with van der Waals surface area (Å²) >= 11 is 1.46. The lowest BCUT2D eigenvalue weighted by atomic mass is 9.84. The molecule has 6 saturated heterocycles. The summed E-state index contributed by atoms with van der Waals surface area (Å²) < 4.78 is 5.68. The average Bonchev–Trinajstić information content (AvgIpc) is 3.18. The molecule has 1 aromatic carbocycles. The molecule has 0 saturated carbocycles. The predicted octanol–water partition coefficient (Wildman–Crippen LogP) is 2.40. The number of hydrogen-bond donors (Lipinski definition) is 1. The number of amides is 1. The summed E-state index contributed by atoms with van der Waals surface area (Å²) in [6, 6.07) is 8.11. The van der Waals surface area contributed by atoms with E-state index >= 15 is 0 Å². The normalized spacial score (nSPS) is 34.1. The van der Waals surface area contributed by atoms with Gasteiger partial charge in [-0.1, -0.05) is 0 Å². The number of hydrogen-bond acceptors (Lipinski definition) is 6. The van der Waals surface area contributed by atoms with Gasteiger partial charge in [-0.25, -0.2) is 0 Å². The van der Waals surface area contributed by atoms with E-state index in [4.69, 9.17) is 0 Å². The smallest absolute Gasteiger partial charge is 0.271 e. The van der Waals surface area contributed by atoms with Crippen molar-refractivity contribution in [3.05, 3.63) is 23.9 Å². The zero-order valence-corrected chi connectivity index (χ0v) is 17.8. The molecule has 0 spiro atoms. The quantitative estimate of drug-likeness (QED) is 0.841. The van der Waals surface area contributed by atoms with Crippen molar-refractivity contribution in [2.75, 3.05) is 44.7 Å². The Balaban J connectivity index is 1.22. The Bertz CT molecular complexity index is 936. The van der Waals surface area contributed by atoms with Gasteiger partial charge < -0.3 is 15.1 Å². The highest BCUT2D eigenvalue weighted by Gasteiger charge is 2.38. The molecule has 0 aliphatic carbocycles. The number of aromatic nitrogens is 1. The van der Waals surface area contributed by atoms with Gasteiger partial charge in [0, 0.05) is 48.8 Å². The van der Waals surface area contributed by atoms with Crippen LogP contribution in [0.2, 0.25) is 0 Å². The molecule has 7 heteroatoms. The molecule has 4 bridgehead atoms. The van der Waals surface area contributed by atoms with Gasteiger partial charge in [0.25, 0.3) is 5.91 Å². The number of carbonyl (C=O) groups is 1. The number of carbonyl (C=O) groups excluding carboxylic acids is 1. The third kappa shape index (κ3) is 3.05. The fourth-order valence-corrected chi connectivity index (χ4v) is 6.80. The third-order valence-electron chi connectivity index (χ3n) is 7.78. The first-order valence-electron chi connectivity index (χ1n) is 11.1. The maximum Gasteiger partial charge on any atom is 0.271 e. The minimum absolute atomic E-state index is 0.00130. The molecule has 7 heterocycles. The highest BCUT2D eigenvalue weighted by molar-refractivity contribution is 7.13. The van der Waals surface area contributed by atoms with Crippen LogP contribution in [0.5, 0.6) is 0 Å². The molecule has 1 amide bonds. The summed E-state index contributed by atoms with van der Waals surface area (Å²) in [5.74, 6) is 0.634. The lowest BCUT2D eigenvalue weighted by Crippen LogP contribution is -2.61. The Morgan fingerprint density at radius 2 is 1.93 bits per heavy atom. The van der Waals surface area contributed by atoms with Crippen molar-refractivity contribution in [2.45, 2.75) is 43.8 Å². The van der Waals surface area contributed by atoms with Gasteiger partial charge in [-0.15, -0.1) is 0 Å². The van der Waals surface area contributed by atoms with Gasteiger partial charge in [-0.3, -0.25) is 9.69 Å². The monoisotopic (exact) mass is 411 g/mol. The minimum atomic E-state index is 0.00130. The molecule has 6 aliphatic heterocycles. The third-order valence-corrected chi connectivity index (χ3v) is 8.59. The molecule has 0 radical (unpaired) electrons. The number of nitrogens with one attached hydrogen (secondary N) is 1. The number of benzene rings is 1. The number of fused-ring (bicyclic) bond motifs is 7. The van der Waals surface area contributed by atoms with E-state index in [0.29, 0.717) is 23.7 Å². The van der Waals surface area contributed by atoms with E-state index in [1.807, 2.05) is 0 Å². The van der Waals surface area contributed by atoms with Crippen LogP contribution in [0.4, 0.5) is 5.69 Å². The van der Waals surface area contributed by atoms with Gasteiger partial charge in [0.1, 0.15) is 5.69 Å². The summed E-state index contributed by atoms with van der Waals surface area (Å²) in [5, 5.41) is 4.29. The van der Waals surface area contributed by atoms with E-state index in [-0.39, 0.29) is 11.9 Å². The van der Waals surface area contributed by atoms with Gasteiger partial charge in [0.05, 0.1) is 4.70 Å². The second-order valence-corrected chi connectivity index (χ2v) is 10.2. The second kappa shape index (κ2) is 6.93. The molecule has 2 unspecified atom stereocenters. The SMILES string of the molecule is CN1CC2CCC1CN2c1ccc2c(C(=O)N[C@H]3CN4CCC3CC4)nsc2c1. The van der Waals surface area contributed by atoms with Gasteiger partial charge in [-0.2, -0.15) is 4.37 Å². The van der Waals surface area contributed by atoms with Crippen molar-refractivity contribution in [3.8, 4) is 0 Å². The van der Waals surface area contributed by atoms with Gasteiger partial charge >= 0.3 is 0 Å². The highest BCUT2D eigenvalue weighted by Crippen LogP contribution is 2.35. The summed E-state index contributed by atoms with van der Waals surface area (Å²) in [4.78, 5) is 20.5. The van der Waals surface area contributed by atoms with Crippen LogP contribution in [-0.2, 0) is 0 Å². The number of rotatable bonds is 3. The Kier molecular flexibility index (Phi) is 4.32. The first kappa shape index (κ1) is 18.1. The molecule has 6 aliphatic rings. The molecule has 8 rings (SSSR count). The summed E-state index contributed by atoms with van der Waals surface area (Å²) in [5.41, 5.74) is 1.89. The molecular weight excluding hydrogens is 382 g/mol. The van der Waals surface area contributed by atoms with Crippen LogP contribution < -0.4 is 10.2 Å². The van der Waals surface area contributed by atoms with Crippen molar-refractivity contribution in [1.82, 2.24) is 19.5 Å². The van der Waals surface area contributed by atoms with Gasteiger partial charge in [0.2, 0.25) is 0 Å². The van der Waals surface area contributed by atoms with Crippen molar-refractivity contribution in [1.29, 1.82) is 0 Å². The van der Waals surface area contributed by atoms with Crippen LogP contribution >= 0.6 is 11.5 Å². The molecular formula is C22H29N5OS. The fourth-order valence-electron chi connectivity index (χ4n) is 5.99. The van der Waals surface area contributed by atoms with E-state index in [1.165, 1.54) is 56.0 Å². The maximum absolute atomic E-state index is 13.0. The molecule has 29 heavy (non-hydrogen) atoms. The van der Waals surface area contributed by atoms with Crippen LogP contribution in [0.25, 0.3) is 10.1 Å². The highest BCUT2D eigenvalue weighted by atomic mass is 32.1. The lowest BCUT2D eigenvalue weighted by Gasteiger charge is -2.51. The summed E-state index contributed by atoms with van der Waals surface area (Å²) in [7, 11) is 2.25. The molecule has 6 fully saturated rings. The van der Waals surface area contributed by atoms with E-state index in [9.17, 15) is 4.79 Å². The van der Waals surface area contributed by atoms with Crippen LogP contribution in [0.3, 0.4) is 0 Å². The number of anilines is 1. The Hall–Kier alpha value is -1.70. The van der Waals surface area contributed by atoms with Crippen LogP contribution in [-0.4, -0.2) is 78.0 Å². The average molecular weight is 412 g/mol. The second-order valence-electron chi connectivity index (χ2n) is 9.41. The van der Waals surface area contributed by atoms with E-state index < -0.39 is 0 Å². The molecule has 6 nitrogen and oxygen atoms in total. The Morgan fingerprint density at radius 3 is 2.62 bits per heavy atom. The van der Waals surface area contributed by atoms with Crippen molar-refractivity contribution < 1.29 is 4.79 Å². The number of piperazine rings is 1. The largest absolute Gasteiger partial charge is 0.366 e. The molecule has 1 aromatic heterocycles. The van der Waals surface area contributed by atoms with Gasteiger partial charge in [-0.05, 0) is 81.5 Å². The number of nitrogens with zero attached hydrogens (tertiary/aromatic N) is 4. The number of likely N-dealkylation sites (N-methyl/N-ethyl adjacent to an activating group) is 1. The molecule has 3 atom stereocenters. The van der Waals surface area contributed by atoms with Crippen LogP contribution in [0.15, 0.2) is 18.2 Å². The topological polar surface area (TPSA) is 51.7 Å². The van der Waals surface area contributed by atoms with E-state index in [0.717, 1.165) is 29.7 Å². The molecule has 1 N–H and O–H groups in total. The molecule has 154 valence electrons. The lowest BCUT2D eigenvalue weighted by molar-refractivity contribution is 0.0619.